The zero-order valence-corrected chi connectivity index (χ0v) is 24.9. The predicted molar refractivity (Wildman–Crippen MR) is 170 cm³/mol. The highest BCUT2D eigenvalue weighted by atomic mass is 19.1. The van der Waals surface area contributed by atoms with E-state index in [9.17, 15) is 14.0 Å². The number of anilines is 1. The lowest BCUT2D eigenvalue weighted by atomic mass is 9.96. The maximum absolute atomic E-state index is 15.6. The molecule has 0 unspecified atom stereocenters. The van der Waals surface area contributed by atoms with E-state index >= 15 is 4.39 Å². The van der Waals surface area contributed by atoms with Crippen LogP contribution >= 0.6 is 0 Å². The second kappa shape index (κ2) is 11.6. The molecular formula is C34H26F2N8O3. The standard InChI is InChI=1S/C34H26F2N8O3/c1-18-11-12-38-34(41-18)47-28-10-5-21(13-25(28)36)29-30(32(37)45)27-14-26(22-15-40-44(16-22)24-8-9-24)39-17-43(27)31(29)20-3-6-23(7-4-20)42-33(46)19(2)35/h3-7,10-17,24H,2,8-9H2,1H3,(H2,37,45)(H,42,46). The van der Waals surface area contributed by atoms with Gasteiger partial charge in [-0.05, 0) is 67.3 Å². The van der Waals surface area contributed by atoms with E-state index in [1.165, 1.54) is 18.3 Å². The molecule has 47 heavy (non-hydrogen) atoms. The minimum atomic E-state index is -1.13. The smallest absolute Gasteiger partial charge is 0.322 e. The fourth-order valence-corrected chi connectivity index (χ4v) is 5.36. The Balaban J connectivity index is 1.38. The molecule has 0 saturated heterocycles. The Hall–Kier alpha value is -6.24. The molecule has 0 aliphatic heterocycles. The Kier molecular flexibility index (Phi) is 7.27. The average molecular weight is 633 g/mol. The Labute approximate surface area is 266 Å². The molecule has 4 aromatic heterocycles. The highest BCUT2D eigenvalue weighted by Crippen LogP contribution is 2.42. The van der Waals surface area contributed by atoms with Crippen LogP contribution in [0.4, 0.5) is 14.5 Å². The van der Waals surface area contributed by atoms with Crippen LogP contribution in [0.25, 0.3) is 39.2 Å². The molecule has 1 saturated carbocycles. The van der Waals surface area contributed by atoms with Crippen LogP contribution in [0.2, 0.25) is 0 Å². The largest absolute Gasteiger partial charge is 0.421 e. The second-order valence-corrected chi connectivity index (χ2v) is 11.1. The van der Waals surface area contributed by atoms with Gasteiger partial charge in [0.05, 0.1) is 34.7 Å². The molecular weight excluding hydrogens is 606 g/mol. The lowest BCUT2D eigenvalue weighted by Gasteiger charge is -2.11. The Bertz CT molecular complexity index is 2220. The van der Waals surface area contributed by atoms with Gasteiger partial charge in [0, 0.05) is 34.9 Å². The van der Waals surface area contributed by atoms with E-state index in [2.05, 4.69) is 31.9 Å². The number of nitrogens with two attached hydrogens (primary N) is 1. The fraction of sp³-hybridized carbons (Fsp3) is 0.118. The molecule has 0 radical (unpaired) electrons. The van der Waals surface area contributed by atoms with E-state index in [-0.39, 0.29) is 17.3 Å². The number of fused-ring (bicyclic) bond motifs is 1. The normalized spacial score (nSPS) is 12.7. The van der Waals surface area contributed by atoms with Gasteiger partial charge in [-0.15, -0.1) is 0 Å². The van der Waals surface area contributed by atoms with E-state index in [1.807, 2.05) is 10.9 Å². The number of carbonyl (C=O) groups excluding carboxylic acids is 2. The summed E-state index contributed by atoms with van der Waals surface area (Å²) in [6.45, 7) is 4.77. The van der Waals surface area contributed by atoms with Crippen LogP contribution in [0.5, 0.6) is 11.8 Å². The molecule has 234 valence electrons. The maximum atomic E-state index is 15.6. The lowest BCUT2D eigenvalue weighted by Crippen LogP contribution is -2.12. The number of ether oxygens (including phenoxy) is 1. The van der Waals surface area contributed by atoms with Gasteiger partial charge in [-0.25, -0.2) is 23.7 Å². The molecule has 13 heteroatoms. The van der Waals surface area contributed by atoms with Gasteiger partial charge >= 0.3 is 6.01 Å². The molecule has 11 nitrogen and oxygen atoms in total. The summed E-state index contributed by atoms with van der Waals surface area (Å²) in [7, 11) is 0. The van der Waals surface area contributed by atoms with Crippen LogP contribution < -0.4 is 15.8 Å². The van der Waals surface area contributed by atoms with Gasteiger partial charge in [0.1, 0.15) is 6.33 Å². The van der Waals surface area contributed by atoms with Crippen molar-refractivity contribution in [3.05, 3.63) is 109 Å². The number of nitrogens with one attached hydrogen (secondary N) is 1. The van der Waals surface area contributed by atoms with Crippen molar-refractivity contribution >= 4 is 23.0 Å². The van der Waals surface area contributed by atoms with E-state index in [1.54, 1.807) is 66.3 Å². The molecule has 6 aromatic rings. The monoisotopic (exact) mass is 632 g/mol. The number of halogens is 2. The van der Waals surface area contributed by atoms with Gasteiger partial charge in [-0.2, -0.15) is 5.10 Å². The summed E-state index contributed by atoms with van der Waals surface area (Å²) in [5.41, 5.74) is 10.6. The maximum Gasteiger partial charge on any atom is 0.322 e. The third-order valence-corrected chi connectivity index (χ3v) is 7.75. The quantitative estimate of drug-likeness (QED) is 0.175. The highest BCUT2D eigenvalue weighted by Gasteiger charge is 2.27. The SMILES string of the molecule is C=C(F)C(=O)Nc1ccc(-c2c(-c3ccc(Oc4nccc(C)n4)c(F)c3)c(C(N)=O)c3cc(-c4cnn(C5CC5)c4)ncn23)cc1. The first-order valence-electron chi connectivity index (χ1n) is 14.6. The molecule has 3 N–H and O–H groups in total. The molecule has 4 heterocycles. The van der Waals surface area contributed by atoms with Crippen molar-refractivity contribution in [2.24, 2.45) is 5.73 Å². The van der Waals surface area contributed by atoms with Gasteiger partial charge in [0.2, 0.25) is 0 Å². The number of aryl methyl sites for hydroxylation is 1. The van der Waals surface area contributed by atoms with E-state index in [0.29, 0.717) is 51.0 Å². The first kappa shape index (κ1) is 29.5. The first-order chi connectivity index (χ1) is 22.7. The molecule has 2 aromatic carbocycles. The van der Waals surface area contributed by atoms with Crippen molar-refractivity contribution in [2.45, 2.75) is 25.8 Å². The number of nitrogens with zero attached hydrogens (tertiary/aromatic N) is 6. The molecule has 1 aliphatic rings. The Morgan fingerprint density at radius 2 is 1.81 bits per heavy atom. The minimum absolute atomic E-state index is 0.0168. The Morgan fingerprint density at radius 1 is 1.04 bits per heavy atom. The van der Waals surface area contributed by atoms with Crippen LogP contribution in [0.15, 0.2) is 91.9 Å². The van der Waals surface area contributed by atoms with Crippen LogP contribution in [0, 0.1) is 12.7 Å². The highest BCUT2D eigenvalue weighted by molar-refractivity contribution is 6.11. The van der Waals surface area contributed by atoms with Crippen LogP contribution in [0.1, 0.15) is 34.9 Å². The number of carbonyl (C=O) groups is 2. The lowest BCUT2D eigenvalue weighted by molar-refractivity contribution is -0.114. The topological polar surface area (TPSA) is 142 Å². The number of hydrogen-bond donors (Lipinski definition) is 2. The van der Waals surface area contributed by atoms with Crippen molar-refractivity contribution < 1.29 is 23.1 Å². The van der Waals surface area contributed by atoms with E-state index in [0.717, 1.165) is 18.4 Å². The van der Waals surface area contributed by atoms with E-state index < -0.39 is 23.5 Å². The van der Waals surface area contributed by atoms with Crippen molar-refractivity contribution in [3.8, 4) is 45.4 Å². The number of benzene rings is 2. The zero-order chi connectivity index (χ0) is 32.8. The van der Waals surface area contributed by atoms with Crippen molar-refractivity contribution in [3.63, 3.8) is 0 Å². The summed E-state index contributed by atoms with van der Waals surface area (Å²) in [4.78, 5) is 37.9. The summed E-state index contributed by atoms with van der Waals surface area (Å²) in [5.74, 6) is -3.68. The second-order valence-electron chi connectivity index (χ2n) is 11.1. The van der Waals surface area contributed by atoms with Gasteiger partial charge in [-0.3, -0.25) is 18.7 Å². The fourth-order valence-electron chi connectivity index (χ4n) is 5.36. The summed E-state index contributed by atoms with van der Waals surface area (Å²) >= 11 is 0. The van der Waals surface area contributed by atoms with Gasteiger partial charge in [0.15, 0.2) is 17.4 Å². The van der Waals surface area contributed by atoms with E-state index in [4.69, 9.17) is 10.5 Å². The number of amides is 2. The van der Waals surface area contributed by atoms with Crippen molar-refractivity contribution in [1.82, 2.24) is 29.1 Å². The number of primary amides is 1. The van der Waals surface area contributed by atoms with Crippen molar-refractivity contribution in [1.29, 1.82) is 0 Å². The number of aromatic nitrogens is 6. The summed E-state index contributed by atoms with van der Waals surface area (Å²) < 4.78 is 38.1. The zero-order valence-electron chi connectivity index (χ0n) is 24.9. The minimum Gasteiger partial charge on any atom is -0.421 e. The summed E-state index contributed by atoms with van der Waals surface area (Å²) in [5, 5.41) is 6.87. The molecule has 0 atom stereocenters. The van der Waals surface area contributed by atoms with Gasteiger partial charge in [0.25, 0.3) is 11.8 Å². The summed E-state index contributed by atoms with van der Waals surface area (Å²) in [6, 6.07) is 14.5. The van der Waals surface area contributed by atoms with Crippen LogP contribution in [-0.4, -0.2) is 40.9 Å². The van der Waals surface area contributed by atoms with Crippen LogP contribution in [0.3, 0.4) is 0 Å². The third kappa shape index (κ3) is 5.70. The number of rotatable bonds is 9. The Morgan fingerprint density at radius 3 is 2.49 bits per heavy atom. The first-order valence-corrected chi connectivity index (χ1v) is 14.6. The molecule has 0 spiro atoms. The van der Waals surface area contributed by atoms with Gasteiger partial charge < -0.3 is 15.8 Å². The predicted octanol–water partition coefficient (Wildman–Crippen LogP) is 6.42. The molecule has 7 rings (SSSR count). The van der Waals surface area contributed by atoms with Crippen molar-refractivity contribution in [2.75, 3.05) is 5.32 Å². The van der Waals surface area contributed by atoms with Gasteiger partial charge in [-0.1, -0.05) is 24.8 Å². The molecule has 1 fully saturated rings. The molecule has 2 amide bonds. The molecule has 1 aliphatic carbocycles. The van der Waals surface area contributed by atoms with Crippen LogP contribution in [-0.2, 0) is 4.79 Å². The third-order valence-electron chi connectivity index (χ3n) is 7.75. The summed E-state index contributed by atoms with van der Waals surface area (Å²) in [6.07, 6.45) is 8.83. The molecule has 0 bridgehead atoms. The average Bonchev–Trinajstić information content (AvgIpc) is 3.67. The number of hydrogen-bond acceptors (Lipinski definition) is 7.